The van der Waals surface area contributed by atoms with Crippen molar-refractivity contribution in [1.82, 2.24) is 14.8 Å². The van der Waals surface area contributed by atoms with Crippen LogP contribution in [0.3, 0.4) is 0 Å². The Bertz CT molecular complexity index is 1500. The highest BCUT2D eigenvalue weighted by molar-refractivity contribution is 9.10. The maximum absolute atomic E-state index is 10.9. The number of anilines is 1. The first kappa shape index (κ1) is 22.6. The SMILES string of the molecule is O=[N+]([O-])c1ccc(-c2csc(N/N=C\c3cn(-c4ccccc4)nc3-c3ccc(Br)cc3)n2)cc1. The van der Waals surface area contributed by atoms with E-state index in [0.717, 1.165) is 38.2 Å². The van der Waals surface area contributed by atoms with Gasteiger partial charge >= 0.3 is 0 Å². The summed E-state index contributed by atoms with van der Waals surface area (Å²) >= 11 is 4.88. The van der Waals surface area contributed by atoms with Gasteiger partial charge in [-0.15, -0.1) is 11.3 Å². The highest BCUT2D eigenvalue weighted by Crippen LogP contribution is 2.27. The Balaban J connectivity index is 1.38. The number of hydrogen-bond acceptors (Lipinski definition) is 7. The number of nitro groups is 1. The molecule has 1 N–H and O–H groups in total. The molecule has 5 rings (SSSR count). The van der Waals surface area contributed by atoms with Gasteiger partial charge in [0.2, 0.25) is 5.13 Å². The lowest BCUT2D eigenvalue weighted by Gasteiger charge is -2.00. The minimum atomic E-state index is -0.422. The van der Waals surface area contributed by atoms with Crippen LogP contribution in [0.25, 0.3) is 28.2 Å². The minimum Gasteiger partial charge on any atom is -0.258 e. The summed E-state index contributed by atoms with van der Waals surface area (Å²) in [4.78, 5) is 15.0. The van der Waals surface area contributed by atoms with Crippen molar-refractivity contribution in [3.63, 3.8) is 0 Å². The van der Waals surface area contributed by atoms with Crippen LogP contribution in [0.2, 0.25) is 0 Å². The highest BCUT2D eigenvalue weighted by Gasteiger charge is 2.12. The van der Waals surface area contributed by atoms with Gasteiger partial charge in [0.05, 0.1) is 22.5 Å². The van der Waals surface area contributed by atoms with E-state index < -0.39 is 4.92 Å². The van der Waals surface area contributed by atoms with Gasteiger partial charge in [-0.05, 0) is 36.4 Å². The normalized spacial score (nSPS) is 11.1. The van der Waals surface area contributed by atoms with Crippen molar-refractivity contribution in [3.05, 3.63) is 111 Å². The van der Waals surface area contributed by atoms with E-state index in [0.29, 0.717) is 5.13 Å². The van der Waals surface area contributed by atoms with Gasteiger partial charge in [-0.1, -0.05) is 46.3 Å². The monoisotopic (exact) mass is 544 g/mol. The predicted octanol–water partition coefficient (Wildman–Crippen LogP) is 6.78. The van der Waals surface area contributed by atoms with E-state index in [-0.39, 0.29) is 5.69 Å². The number of benzene rings is 3. The molecule has 0 atom stereocenters. The number of hydrogen-bond donors (Lipinski definition) is 1. The maximum atomic E-state index is 10.9. The third-order valence-corrected chi connectivity index (χ3v) is 6.40. The molecule has 0 bridgehead atoms. The number of non-ortho nitro benzene ring substituents is 1. The van der Waals surface area contributed by atoms with Crippen molar-refractivity contribution in [2.75, 3.05) is 5.43 Å². The lowest BCUT2D eigenvalue weighted by molar-refractivity contribution is -0.384. The molecule has 8 nitrogen and oxygen atoms in total. The number of aromatic nitrogens is 3. The maximum Gasteiger partial charge on any atom is 0.269 e. The van der Waals surface area contributed by atoms with Gasteiger partial charge in [-0.3, -0.25) is 15.5 Å². The van der Waals surface area contributed by atoms with E-state index in [1.54, 1.807) is 18.3 Å². The van der Waals surface area contributed by atoms with Crippen LogP contribution in [0.4, 0.5) is 10.8 Å². The Morgan fingerprint density at radius 1 is 1.00 bits per heavy atom. The van der Waals surface area contributed by atoms with Crippen LogP contribution < -0.4 is 5.43 Å². The molecule has 0 saturated heterocycles. The number of nitrogens with zero attached hydrogens (tertiary/aromatic N) is 5. The van der Waals surface area contributed by atoms with Crippen LogP contribution >= 0.6 is 27.3 Å². The molecule has 5 aromatic rings. The van der Waals surface area contributed by atoms with E-state index >= 15 is 0 Å². The Morgan fingerprint density at radius 2 is 1.71 bits per heavy atom. The molecule has 0 aliphatic rings. The Morgan fingerprint density at radius 3 is 2.43 bits per heavy atom. The smallest absolute Gasteiger partial charge is 0.258 e. The molecule has 172 valence electrons. The van der Waals surface area contributed by atoms with Gasteiger partial charge < -0.3 is 0 Å². The molecule has 0 amide bonds. The molecular formula is C25H17BrN6O2S. The summed E-state index contributed by atoms with van der Waals surface area (Å²) in [5.41, 5.74) is 8.10. The zero-order chi connectivity index (χ0) is 24.2. The second kappa shape index (κ2) is 10.00. The molecule has 0 spiro atoms. The van der Waals surface area contributed by atoms with Gasteiger partial charge in [0.1, 0.15) is 5.69 Å². The summed E-state index contributed by atoms with van der Waals surface area (Å²) in [7, 11) is 0. The average Bonchev–Trinajstić information content (AvgIpc) is 3.53. The van der Waals surface area contributed by atoms with Crippen LogP contribution in [0.15, 0.2) is 100 Å². The molecule has 0 fully saturated rings. The van der Waals surface area contributed by atoms with Crippen LogP contribution in [0, 0.1) is 10.1 Å². The number of hydrazone groups is 1. The molecule has 3 aromatic carbocycles. The zero-order valence-electron chi connectivity index (χ0n) is 18.1. The van der Waals surface area contributed by atoms with Crippen molar-refractivity contribution in [2.45, 2.75) is 0 Å². The number of para-hydroxylation sites is 1. The summed E-state index contributed by atoms with van der Waals surface area (Å²) in [6, 6.07) is 24.2. The molecule has 35 heavy (non-hydrogen) atoms. The van der Waals surface area contributed by atoms with Gasteiger partial charge in [0, 0.05) is 44.9 Å². The third-order valence-electron chi connectivity index (χ3n) is 5.12. The number of nitro benzene ring substituents is 1. The second-order valence-corrected chi connectivity index (χ2v) is 9.21. The Hall–Kier alpha value is -4.15. The molecule has 0 saturated carbocycles. The van der Waals surface area contributed by atoms with E-state index in [1.165, 1.54) is 23.5 Å². The van der Waals surface area contributed by atoms with Gasteiger partial charge in [-0.2, -0.15) is 10.2 Å². The summed E-state index contributed by atoms with van der Waals surface area (Å²) in [5.74, 6) is 0. The van der Waals surface area contributed by atoms with Crippen molar-refractivity contribution in [1.29, 1.82) is 0 Å². The minimum absolute atomic E-state index is 0.0459. The summed E-state index contributed by atoms with van der Waals surface area (Å²) in [5, 5.41) is 22.5. The van der Waals surface area contributed by atoms with Crippen molar-refractivity contribution < 1.29 is 4.92 Å². The first-order valence-electron chi connectivity index (χ1n) is 10.5. The van der Waals surface area contributed by atoms with Crippen LogP contribution in [0.1, 0.15) is 5.56 Å². The number of rotatable bonds is 7. The highest BCUT2D eigenvalue weighted by atomic mass is 79.9. The second-order valence-electron chi connectivity index (χ2n) is 7.43. The zero-order valence-corrected chi connectivity index (χ0v) is 20.5. The van der Waals surface area contributed by atoms with E-state index in [2.05, 4.69) is 31.4 Å². The summed E-state index contributed by atoms with van der Waals surface area (Å²) < 4.78 is 2.82. The topological polar surface area (TPSA) is 98.2 Å². The van der Waals surface area contributed by atoms with Gasteiger partial charge in [-0.25, -0.2) is 9.67 Å². The molecule has 2 aromatic heterocycles. The lowest BCUT2D eigenvalue weighted by atomic mass is 10.1. The van der Waals surface area contributed by atoms with Crippen molar-refractivity contribution >= 4 is 44.3 Å². The molecule has 0 radical (unpaired) electrons. The van der Waals surface area contributed by atoms with E-state index in [1.807, 2.05) is 70.9 Å². The van der Waals surface area contributed by atoms with Crippen molar-refractivity contribution in [2.24, 2.45) is 5.10 Å². The Kier molecular flexibility index (Phi) is 6.47. The number of nitrogens with one attached hydrogen (secondary N) is 1. The first-order valence-corrected chi connectivity index (χ1v) is 12.1. The van der Waals surface area contributed by atoms with Gasteiger partial charge in [0.25, 0.3) is 5.69 Å². The fraction of sp³-hybridized carbons (Fsp3) is 0. The molecular weight excluding hydrogens is 528 g/mol. The van der Waals surface area contributed by atoms with Crippen LogP contribution in [-0.4, -0.2) is 25.9 Å². The molecule has 0 aliphatic carbocycles. The molecule has 10 heteroatoms. The predicted molar refractivity (Wildman–Crippen MR) is 142 cm³/mol. The first-order chi connectivity index (χ1) is 17.1. The standard InChI is InChI=1S/C25H17BrN6O2S/c26-20-10-6-18(7-11-20)24-19(15-31(30-24)21-4-2-1-3-5-21)14-27-29-25-28-23(16-35-25)17-8-12-22(13-9-17)32(33)34/h1-16H,(H,28,29)/b27-14-. The summed E-state index contributed by atoms with van der Waals surface area (Å²) in [6.45, 7) is 0. The molecule has 2 heterocycles. The largest absolute Gasteiger partial charge is 0.269 e. The number of thiazole rings is 1. The van der Waals surface area contributed by atoms with Crippen LogP contribution in [-0.2, 0) is 0 Å². The summed E-state index contributed by atoms with van der Waals surface area (Å²) in [6.07, 6.45) is 3.65. The quantitative estimate of drug-likeness (QED) is 0.138. The molecule has 0 unspecified atom stereocenters. The lowest BCUT2D eigenvalue weighted by Crippen LogP contribution is -1.93. The van der Waals surface area contributed by atoms with E-state index in [4.69, 9.17) is 5.10 Å². The average molecular weight is 545 g/mol. The molecule has 0 aliphatic heterocycles. The van der Waals surface area contributed by atoms with E-state index in [9.17, 15) is 10.1 Å². The van der Waals surface area contributed by atoms with Gasteiger partial charge in [0.15, 0.2) is 0 Å². The Labute approximate surface area is 212 Å². The fourth-order valence-electron chi connectivity index (χ4n) is 3.40. The third kappa shape index (κ3) is 5.18. The number of halogens is 1. The van der Waals surface area contributed by atoms with Crippen LogP contribution in [0.5, 0.6) is 0 Å². The van der Waals surface area contributed by atoms with Crippen molar-refractivity contribution in [3.8, 4) is 28.2 Å². The fourth-order valence-corrected chi connectivity index (χ4v) is 4.33.